The maximum atomic E-state index is 12.4. The topological polar surface area (TPSA) is 109 Å². The number of amides is 2. The van der Waals surface area contributed by atoms with Gasteiger partial charge in [0.25, 0.3) is 0 Å². The Labute approximate surface area is 168 Å². The number of esters is 1. The molecule has 0 fully saturated rings. The SMILES string of the molecule is CC(C)C(=O)Nc1ccc(C(=O)Oc2cc(OC(=O)N(C)C)ccc2C#N)cc1. The van der Waals surface area contributed by atoms with Gasteiger partial charge in [-0.25, -0.2) is 9.59 Å². The van der Waals surface area contributed by atoms with E-state index in [1.165, 1.54) is 49.3 Å². The molecule has 1 N–H and O–H groups in total. The van der Waals surface area contributed by atoms with Gasteiger partial charge in [-0.05, 0) is 36.4 Å². The largest absolute Gasteiger partial charge is 0.421 e. The molecule has 0 aromatic heterocycles. The molecule has 8 heteroatoms. The van der Waals surface area contributed by atoms with Gasteiger partial charge in [-0.2, -0.15) is 5.26 Å². The fourth-order valence-corrected chi connectivity index (χ4v) is 2.07. The van der Waals surface area contributed by atoms with E-state index < -0.39 is 12.1 Å². The summed E-state index contributed by atoms with van der Waals surface area (Å²) in [6.07, 6.45) is -0.606. The third-order valence-electron chi connectivity index (χ3n) is 3.76. The lowest BCUT2D eigenvalue weighted by molar-refractivity contribution is -0.118. The number of benzene rings is 2. The van der Waals surface area contributed by atoms with E-state index in [0.29, 0.717) is 5.69 Å². The summed E-state index contributed by atoms with van der Waals surface area (Å²) in [4.78, 5) is 37.1. The second-order valence-electron chi connectivity index (χ2n) is 6.64. The van der Waals surface area contributed by atoms with E-state index in [-0.39, 0.29) is 34.5 Å². The van der Waals surface area contributed by atoms with Crippen molar-refractivity contribution in [2.45, 2.75) is 13.8 Å². The van der Waals surface area contributed by atoms with E-state index in [2.05, 4.69) is 5.32 Å². The first-order valence-electron chi connectivity index (χ1n) is 8.77. The monoisotopic (exact) mass is 395 g/mol. The maximum absolute atomic E-state index is 12.4. The van der Waals surface area contributed by atoms with Crippen molar-refractivity contribution in [3.63, 3.8) is 0 Å². The first kappa shape index (κ1) is 21.4. The minimum absolute atomic E-state index is 0.0289. The molecule has 0 bridgehead atoms. The van der Waals surface area contributed by atoms with Crippen molar-refractivity contribution in [3.8, 4) is 17.6 Å². The van der Waals surface area contributed by atoms with E-state index in [1.54, 1.807) is 26.0 Å². The van der Waals surface area contributed by atoms with Crippen molar-refractivity contribution in [2.24, 2.45) is 5.92 Å². The molecule has 150 valence electrons. The van der Waals surface area contributed by atoms with Crippen molar-refractivity contribution >= 4 is 23.7 Å². The molecule has 0 heterocycles. The predicted octanol–water partition coefficient (Wildman–Crippen LogP) is 3.43. The molecule has 2 aromatic rings. The summed E-state index contributed by atoms with van der Waals surface area (Å²) in [5, 5.41) is 12.0. The van der Waals surface area contributed by atoms with Gasteiger partial charge in [-0.3, -0.25) is 4.79 Å². The average molecular weight is 395 g/mol. The maximum Gasteiger partial charge on any atom is 0.414 e. The van der Waals surface area contributed by atoms with Crippen LogP contribution in [-0.4, -0.2) is 37.0 Å². The van der Waals surface area contributed by atoms with Crippen molar-refractivity contribution in [2.75, 3.05) is 19.4 Å². The van der Waals surface area contributed by atoms with E-state index in [4.69, 9.17) is 9.47 Å². The van der Waals surface area contributed by atoms with Crippen LogP contribution in [0.25, 0.3) is 0 Å². The lowest BCUT2D eigenvalue weighted by atomic mass is 10.1. The van der Waals surface area contributed by atoms with Gasteiger partial charge in [0, 0.05) is 31.8 Å². The first-order valence-corrected chi connectivity index (χ1v) is 8.77. The first-order chi connectivity index (χ1) is 13.7. The summed E-state index contributed by atoms with van der Waals surface area (Å²) in [5.41, 5.74) is 0.895. The number of rotatable bonds is 5. The Morgan fingerprint density at radius 1 is 1.03 bits per heavy atom. The molecule has 0 aliphatic carbocycles. The highest BCUT2D eigenvalue weighted by atomic mass is 16.6. The van der Waals surface area contributed by atoms with Crippen LogP contribution in [-0.2, 0) is 4.79 Å². The van der Waals surface area contributed by atoms with Gasteiger partial charge in [-0.1, -0.05) is 13.8 Å². The van der Waals surface area contributed by atoms with Crippen molar-refractivity contribution in [3.05, 3.63) is 53.6 Å². The van der Waals surface area contributed by atoms with Crippen LogP contribution in [0.2, 0.25) is 0 Å². The second kappa shape index (κ2) is 9.37. The normalized spacial score (nSPS) is 10.1. The smallest absolute Gasteiger partial charge is 0.414 e. The molecular formula is C21H21N3O5. The Hall–Kier alpha value is -3.86. The molecule has 0 saturated heterocycles. The number of carbonyl (C=O) groups is 3. The van der Waals surface area contributed by atoms with Gasteiger partial charge in [0.1, 0.15) is 11.8 Å². The zero-order valence-corrected chi connectivity index (χ0v) is 16.6. The van der Waals surface area contributed by atoms with Gasteiger partial charge in [-0.15, -0.1) is 0 Å². The number of anilines is 1. The Kier molecular flexibility index (Phi) is 6.93. The molecule has 0 radical (unpaired) electrons. The van der Waals surface area contributed by atoms with Crippen LogP contribution in [0.3, 0.4) is 0 Å². The molecule has 0 unspecified atom stereocenters. The van der Waals surface area contributed by atoms with Crippen molar-refractivity contribution in [1.82, 2.24) is 4.90 Å². The molecule has 0 saturated carbocycles. The summed E-state index contributed by atoms with van der Waals surface area (Å²) < 4.78 is 10.4. The van der Waals surface area contributed by atoms with Crippen LogP contribution < -0.4 is 14.8 Å². The quantitative estimate of drug-likeness (QED) is 0.614. The zero-order valence-electron chi connectivity index (χ0n) is 16.6. The van der Waals surface area contributed by atoms with Crippen molar-refractivity contribution in [1.29, 1.82) is 5.26 Å². The molecule has 0 aliphatic rings. The van der Waals surface area contributed by atoms with Gasteiger partial charge < -0.3 is 19.7 Å². The minimum Gasteiger partial charge on any atom is -0.421 e. The number of nitriles is 1. The number of ether oxygens (including phenoxy) is 2. The van der Waals surface area contributed by atoms with Crippen molar-refractivity contribution < 1.29 is 23.9 Å². The summed E-state index contributed by atoms with van der Waals surface area (Å²) in [5.74, 6) is -0.892. The van der Waals surface area contributed by atoms with Crippen LogP contribution >= 0.6 is 0 Å². The van der Waals surface area contributed by atoms with Crippen LogP contribution in [0.1, 0.15) is 29.8 Å². The molecule has 0 atom stereocenters. The predicted molar refractivity (Wildman–Crippen MR) is 106 cm³/mol. The van der Waals surface area contributed by atoms with Crippen LogP contribution in [0.4, 0.5) is 10.5 Å². The fourth-order valence-electron chi connectivity index (χ4n) is 2.07. The van der Waals surface area contributed by atoms with Crippen LogP contribution in [0.5, 0.6) is 11.5 Å². The number of hydrogen-bond acceptors (Lipinski definition) is 6. The molecule has 8 nitrogen and oxygen atoms in total. The van der Waals surface area contributed by atoms with Crippen LogP contribution in [0.15, 0.2) is 42.5 Å². The molecule has 2 aromatic carbocycles. The van der Waals surface area contributed by atoms with E-state index in [0.717, 1.165) is 0 Å². The minimum atomic E-state index is -0.695. The molecule has 0 aliphatic heterocycles. The number of carbonyl (C=O) groups excluding carboxylic acids is 3. The number of nitrogens with zero attached hydrogens (tertiary/aromatic N) is 2. The summed E-state index contributed by atoms with van der Waals surface area (Å²) >= 11 is 0. The molecular weight excluding hydrogens is 374 g/mol. The van der Waals surface area contributed by atoms with E-state index >= 15 is 0 Å². The second-order valence-corrected chi connectivity index (χ2v) is 6.64. The molecule has 0 spiro atoms. The van der Waals surface area contributed by atoms with Gasteiger partial charge in [0.15, 0.2) is 5.75 Å². The molecule has 2 amide bonds. The van der Waals surface area contributed by atoms with Crippen LogP contribution in [0, 0.1) is 17.2 Å². The average Bonchev–Trinajstić information content (AvgIpc) is 2.68. The molecule has 2 rings (SSSR count). The third-order valence-corrected chi connectivity index (χ3v) is 3.76. The fraction of sp³-hybridized carbons (Fsp3) is 0.238. The lowest BCUT2D eigenvalue weighted by Crippen LogP contribution is -2.25. The number of nitrogens with one attached hydrogen (secondary N) is 1. The summed E-state index contributed by atoms with van der Waals surface area (Å²) in [6, 6.07) is 12.2. The standard InChI is InChI=1S/C21H21N3O5/c1-13(2)19(25)23-16-8-5-14(6-9-16)20(26)29-18-11-17(10-7-15(18)12-22)28-21(27)24(3)4/h5-11,13H,1-4H3,(H,23,25). The Morgan fingerprint density at radius 3 is 2.24 bits per heavy atom. The summed E-state index contributed by atoms with van der Waals surface area (Å²) in [7, 11) is 3.06. The van der Waals surface area contributed by atoms with E-state index in [9.17, 15) is 19.6 Å². The Morgan fingerprint density at radius 2 is 1.69 bits per heavy atom. The Bertz CT molecular complexity index is 959. The van der Waals surface area contributed by atoms with E-state index in [1.807, 2.05) is 6.07 Å². The Balaban J connectivity index is 2.16. The van der Waals surface area contributed by atoms with Gasteiger partial charge >= 0.3 is 12.1 Å². The van der Waals surface area contributed by atoms with Gasteiger partial charge in [0.2, 0.25) is 5.91 Å². The zero-order chi connectivity index (χ0) is 21.6. The summed E-state index contributed by atoms with van der Waals surface area (Å²) in [6.45, 7) is 3.55. The highest BCUT2D eigenvalue weighted by Gasteiger charge is 2.15. The highest BCUT2D eigenvalue weighted by Crippen LogP contribution is 2.26. The molecule has 29 heavy (non-hydrogen) atoms. The highest BCUT2D eigenvalue weighted by molar-refractivity contribution is 5.94. The van der Waals surface area contributed by atoms with Gasteiger partial charge in [0.05, 0.1) is 11.1 Å². The lowest BCUT2D eigenvalue weighted by Gasteiger charge is -2.12. The third kappa shape index (κ3) is 5.81. The number of hydrogen-bond donors (Lipinski definition) is 1.